The molecule has 5 atom stereocenters. The lowest BCUT2D eigenvalue weighted by atomic mass is 9.98. The van der Waals surface area contributed by atoms with Crippen molar-refractivity contribution in [3.05, 3.63) is 174 Å². The van der Waals surface area contributed by atoms with Crippen LogP contribution in [0, 0.1) is 0 Å². The summed E-state index contributed by atoms with van der Waals surface area (Å²) in [5.41, 5.74) is 3.99. The van der Waals surface area contributed by atoms with Gasteiger partial charge >= 0.3 is 0 Å². The number of ether oxygens (including phenoxy) is 5. The van der Waals surface area contributed by atoms with Crippen LogP contribution in [0.25, 0.3) is 0 Å². The molecule has 1 aliphatic rings. The maximum Gasteiger partial charge on any atom is 0.137 e. The van der Waals surface area contributed by atoms with Gasteiger partial charge in [-0.3, -0.25) is 0 Å². The molecule has 1 heterocycles. The fraction of sp³-hybridized carbons (Fsp3) is 0.250. The molecule has 0 N–H and O–H groups in total. The molecule has 0 saturated carbocycles. The Morgan fingerprint density at radius 3 is 1.30 bits per heavy atom. The molecule has 0 aliphatic carbocycles. The standard InChI is InChI=1S/C40H40O5S/c1-6-16-31(17-7-1)26-41-30-36-37(42-27-32-18-8-2-9-19-32)38(43-28-33-20-10-3-11-21-33)39(44-29-34-22-12-4-13-23-34)40(45-36)46-35-24-14-5-15-25-35/h1-25,36-40H,26-30H2/t36-,37+,38+,39-,40-/m1/s1. The van der Waals surface area contributed by atoms with E-state index >= 15 is 0 Å². The van der Waals surface area contributed by atoms with Crippen LogP contribution in [0.3, 0.4) is 0 Å². The third-order valence-electron chi connectivity index (χ3n) is 7.84. The lowest BCUT2D eigenvalue weighted by Gasteiger charge is -2.46. The predicted octanol–water partition coefficient (Wildman–Crippen LogP) is 8.48. The first kappa shape index (κ1) is 32.2. The molecule has 0 bridgehead atoms. The highest BCUT2D eigenvalue weighted by atomic mass is 32.2. The van der Waals surface area contributed by atoms with Gasteiger partial charge in [0.15, 0.2) is 0 Å². The van der Waals surface area contributed by atoms with Crippen LogP contribution < -0.4 is 0 Å². The third kappa shape index (κ3) is 9.39. The Kier molecular flexibility index (Phi) is 12.1. The smallest absolute Gasteiger partial charge is 0.137 e. The summed E-state index contributed by atoms with van der Waals surface area (Å²) in [7, 11) is 0. The zero-order valence-electron chi connectivity index (χ0n) is 25.8. The zero-order valence-corrected chi connectivity index (χ0v) is 26.6. The SMILES string of the molecule is c1ccc(COC[C@H]2O[C@H](Sc3ccccc3)[C@H](OCc3ccccc3)[C@@H](OCc3ccccc3)[C@H]2OCc2ccccc2)cc1. The van der Waals surface area contributed by atoms with Gasteiger partial charge in [0.25, 0.3) is 0 Å². The Hall–Kier alpha value is -3.75. The minimum absolute atomic E-state index is 0.344. The van der Waals surface area contributed by atoms with Crippen LogP contribution in [0.1, 0.15) is 22.3 Å². The summed E-state index contributed by atoms with van der Waals surface area (Å²) in [4.78, 5) is 1.09. The Morgan fingerprint density at radius 2 is 0.826 bits per heavy atom. The van der Waals surface area contributed by atoms with Gasteiger partial charge in [-0.1, -0.05) is 151 Å². The number of rotatable bonds is 15. The number of thioether (sulfide) groups is 1. The van der Waals surface area contributed by atoms with E-state index in [9.17, 15) is 0 Å². The molecule has 0 amide bonds. The van der Waals surface area contributed by atoms with E-state index in [1.165, 1.54) is 0 Å². The van der Waals surface area contributed by atoms with Crippen molar-refractivity contribution < 1.29 is 23.7 Å². The van der Waals surface area contributed by atoms with Gasteiger partial charge in [0, 0.05) is 4.90 Å². The van der Waals surface area contributed by atoms with E-state index in [2.05, 4.69) is 60.7 Å². The van der Waals surface area contributed by atoms with Crippen molar-refractivity contribution in [1.82, 2.24) is 0 Å². The number of hydrogen-bond acceptors (Lipinski definition) is 6. The van der Waals surface area contributed by atoms with Crippen molar-refractivity contribution >= 4 is 11.8 Å². The molecule has 46 heavy (non-hydrogen) atoms. The monoisotopic (exact) mass is 632 g/mol. The van der Waals surface area contributed by atoms with Gasteiger partial charge in [-0.25, -0.2) is 0 Å². The molecule has 1 saturated heterocycles. The van der Waals surface area contributed by atoms with E-state index in [1.807, 2.05) is 91.0 Å². The summed E-state index contributed by atoms with van der Waals surface area (Å²) in [6, 6.07) is 51.2. The van der Waals surface area contributed by atoms with E-state index in [-0.39, 0.29) is 5.44 Å². The first-order valence-electron chi connectivity index (χ1n) is 15.8. The number of hydrogen-bond donors (Lipinski definition) is 0. The van der Waals surface area contributed by atoms with E-state index in [0.717, 1.165) is 27.1 Å². The van der Waals surface area contributed by atoms with Crippen molar-refractivity contribution in [1.29, 1.82) is 0 Å². The van der Waals surface area contributed by atoms with Crippen LogP contribution in [0.15, 0.2) is 157 Å². The van der Waals surface area contributed by atoms with Crippen LogP contribution >= 0.6 is 11.8 Å². The summed E-state index contributed by atoms with van der Waals surface area (Å²) >= 11 is 1.64. The van der Waals surface area contributed by atoms with Gasteiger partial charge in [-0.15, -0.1) is 0 Å². The molecular weight excluding hydrogens is 593 g/mol. The van der Waals surface area contributed by atoms with E-state index in [0.29, 0.717) is 33.0 Å². The molecule has 0 unspecified atom stereocenters. The van der Waals surface area contributed by atoms with Gasteiger partial charge in [-0.05, 0) is 34.4 Å². The molecule has 0 aromatic heterocycles. The minimum atomic E-state index is -0.451. The molecule has 5 aromatic rings. The van der Waals surface area contributed by atoms with Crippen molar-refractivity contribution in [3.8, 4) is 0 Å². The van der Waals surface area contributed by atoms with Crippen LogP contribution in [0.5, 0.6) is 0 Å². The molecule has 1 aliphatic heterocycles. The van der Waals surface area contributed by atoms with Crippen molar-refractivity contribution in [2.75, 3.05) is 6.61 Å². The molecule has 5 aromatic carbocycles. The maximum absolute atomic E-state index is 6.92. The summed E-state index contributed by atoms with van der Waals surface area (Å²) < 4.78 is 33.6. The zero-order chi connectivity index (χ0) is 31.2. The lowest BCUT2D eigenvalue weighted by molar-refractivity contribution is -0.254. The molecule has 236 valence electrons. The highest BCUT2D eigenvalue weighted by Gasteiger charge is 2.48. The Morgan fingerprint density at radius 1 is 0.435 bits per heavy atom. The number of benzene rings is 5. The van der Waals surface area contributed by atoms with Crippen LogP contribution in [0.2, 0.25) is 0 Å². The van der Waals surface area contributed by atoms with Crippen LogP contribution in [-0.4, -0.2) is 36.5 Å². The average molecular weight is 633 g/mol. The Labute approximate surface area is 276 Å². The summed E-state index contributed by atoms with van der Waals surface area (Å²) in [5, 5.41) is 0. The Balaban J connectivity index is 1.31. The second kappa shape index (κ2) is 17.2. The van der Waals surface area contributed by atoms with E-state index in [4.69, 9.17) is 23.7 Å². The molecule has 5 nitrogen and oxygen atoms in total. The second-order valence-electron chi connectivity index (χ2n) is 11.3. The van der Waals surface area contributed by atoms with E-state index in [1.54, 1.807) is 11.8 Å². The highest BCUT2D eigenvalue weighted by Crippen LogP contribution is 2.38. The summed E-state index contributed by atoms with van der Waals surface area (Å²) in [6.07, 6.45) is -1.72. The largest absolute Gasteiger partial charge is 0.374 e. The van der Waals surface area contributed by atoms with Gasteiger partial charge in [0.2, 0.25) is 0 Å². The summed E-state index contributed by atoms with van der Waals surface area (Å²) in [5.74, 6) is 0. The summed E-state index contributed by atoms with van der Waals surface area (Å²) in [6.45, 7) is 2.08. The molecule has 6 heteroatoms. The van der Waals surface area contributed by atoms with Gasteiger partial charge in [0.1, 0.15) is 29.9 Å². The van der Waals surface area contributed by atoms with Gasteiger partial charge < -0.3 is 23.7 Å². The second-order valence-corrected chi connectivity index (χ2v) is 12.4. The maximum atomic E-state index is 6.92. The molecule has 0 radical (unpaired) electrons. The Bertz CT molecular complexity index is 1540. The van der Waals surface area contributed by atoms with Crippen LogP contribution in [0.4, 0.5) is 0 Å². The average Bonchev–Trinajstić information content (AvgIpc) is 3.12. The van der Waals surface area contributed by atoms with E-state index < -0.39 is 24.4 Å². The topological polar surface area (TPSA) is 46.2 Å². The van der Waals surface area contributed by atoms with Crippen LogP contribution in [-0.2, 0) is 50.1 Å². The minimum Gasteiger partial charge on any atom is -0.374 e. The fourth-order valence-electron chi connectivity index (χ4n) is 5.48. The third-order valence-corrected chi connectivity index (χ3v) is 8.99. The molecule has 6 rings (SSSR count). The highest BCUT2D eigenvalue weighted by molar-refractivity contribution is 7.99. The van der Waals surface area contributed by atoms with Gasteiger partial charge in [0.05, 0.1) is 33.0 Å². The first-order chi connectivity index (χ1) is 22.8. The molecule has 0 spiro atoms. The normalized spacial score (nSPS) is 21.2. The van der Waals surface area contributed by atoms with Crippen molar-refractivity contribution in [2.45, 2.75) is 61.2 Å². The van der Waals surface area contributed by atoms with Crippen molar-refractivity contribution in [2.24, 2.45) is 0 Å². The first-order valence-corrected chi connectivity index (χ1v) is 16.7. The van der Waals surface area contributed by atoms with Crippen molar-refractivity contribution in [3.63, 3.8) is 0 Å². The molecular formula is C40H40O5S. The predicted molar refractivity (Wildman–Crippen MR) is 182 cm³/mol. The lowest BCUT2D eigenvalue weighted by Crippen LogP contribution is -2.60. The molecule has 1 fully saturated rings. The quantitative estimate of drug-likeness (QED) is 0.115. The fourth-order valence-corrected chi connectivity index (χ4v) is 6.62. The van der Waals surface area contributed by atoms with Gasteiger partial charge in [-0.2, -0.15) is 0 Å².